The standard InChI is InChI=1S/C23H29N3O2/c1-4-16(3)21(23(28)25-19-11-7-8-15(2)12-19)26-22(27)20-13-17-9-5-6-10-18(17)14-24-20/h5-12,16,20-21,24H,4,13-14H2,1-3H3,(H,25,28)(H,26,27)/t16?,20-,21-/m0/s1. The number of hydrogen-bond donors (Lipinski definition) is 3. The second-order valence-electron chi connectivity index (χ2n) is 7.64. The lowest BCUT2D eigenvalue weighted by Gasteiger charge is -2.29. The van der Waals surface area contributed by atoms with E-state index in [2.05, 4.69) is 28.1 Å². The SMILES string of the molecule is CCC(C)[C@H](NC(=O)[C@@H]1Cc2ccccc2CN1)C(=O)Nc1cccc(C)c1. The van der Waals surface area contributed by atoms with Crippen molar-refractivity contribution in [2.24, 2.45) is 5.92 Å². The van der Waals surface area contributed by atoms with Crippen LogP contribution in [0.1, 0.15) is 37.0 Å². The largest absolute Gasteiger partial charge is 0.343 e. The second kappa shape index (κ2) is 9.02. The van der Waals surface area contributed by atoms with E-state index in [4.69, 9.17) is 0 Å². The van der Waals surface area contributed by atoms with Crippen molar-refractivity contribution in [3.05, 3.63) is 65.2 Å². The van der Waals surface area contributed by atoms with Gasteiger partial charge in [0.15, 0.2) is 0 Å². The summed E-state index contributed by atoms with van der Waals surface area (Å²) in [6.07, 6.45) is 1.43. The quantitative estimate of drug-likeness (QED) is 0.722. The molecule has 0 fully saturated rings. The van der Waals surface area contributed by atoms with Crippen LogP contribution in [0.3, 0.4) is 0 Å². The maximum atomic E-state index is 12.9. The Balaban J connectivity index is 1.68. The molecule has 1 aliphatic heterocycles. The molecule has 2 aromatic rings. The van der Waals surface area contributed by atoms with Crippen molar-refractivity contribution >= 4 is 17.5 Å². The van der Waals surface area contributed by atoms with Crippen LogP contribution in [0.4, 0.5) is 5.69 Å². The van der Waals surface area contributed by atoms with E-state index in [1.807, 2.05) is 57.2 Å². The predicted octanol–water partition coefficient (Wildman–Crippen LogP) is 3.18. The molecule has 2 amide bonds. The van der Waals surface area contributed by atoms with Crippen LogP contribution in [0.25, 0.3) is 0 Å². The number of rotatable bonds is 6. The van der Waals surface area contributed by atoms with Gasteiger partial charge in [-0.1, -0.05) is 56.7 Å². The van der Waals surface area contributed by atoms with E-state index in [1.54, 1.807) is 0 Å². The summed E-state index contributed by atoms with van der Waals surface area (Å²) in [6, 6.07) is 14.9. The molecule has 2 aromatic carbocycles. The fourth-order valence-electron chi connectivity index (χ4n) is 3.54. The molecular formula is C23H29N3O2. The summed E-state index contributed by atoms with van der Waals surface area (Å²) in [6.45, 7) is 6.66. The molecule has 3 rings (SSSR count). The van der Waals surface area contributed by atoms with E-state index in [1.165, 1.54) is 11.1 Å². The number of hydrogen-bond acceptors (Lipinski definition) is 3. The van der Waals surface area contributed by atoms with E-state index in [0.29, 0.717) is 13.0 Å². The van der Waals surface area contributed by atoms with Crippen LogP contribution in [0.15, 0.2) is 48.5 Å². The molecule has 1 unspecified atom stereocenters. The molecule has 0 saturated carbocycles. The molecule has 5 heteroatoms. The summed E-state index contributed by atoms with van der Waals surface area (Å²) in [5.74, 6) is -0.270. The van der Waals surface area contributed by atoms with Gasteiger partial charge >= 0.3 is 0 Å². The molecule has 28 heavy (non-hydrogen) atoms. The highest BCUT2D eigenvalue weighted by Crippen LogP contribution is 2.18. The van der Waals surface area contributed by atoms with Gasteiger partial charge in [0.25, 0.3) is 0 Å². The Bertz CT molecular complexity index is 849. The number of nitrogens with one attached hydrogen (secondary N) is 3. The van der Waals surface area contributed by atoms with Crippen molar-refractivity contribution in [2.75, 3.05) is 5.32 Å². The number of aryl methyl sites for hydroxylation is 1. The average Bonchev–Trinajstić information content (AvgIpc) is 2.70. The molecule has 0 spiro atoms. The lowest BCUT2D eigenvalue weighted by atomic mass is 9.94. The summed E-state index contributed by atoms with van der Waals surface area (Å²) in [5.41, 5.74) is 4.23. The van der Waals surface area contributed by atoms with Crippen molar-refractivity contribution < 1.29 is 9.59 Å². The molecule has 0 radical (unpaired) electrons. The number of carbonyl (C=O) groups is 2. The highest BCUT2D eigenvalue weighted by Gasteiger charge is 2.30. The molecular weight excluding hydrogens is 350 g/mol. The van der Waals surface area contributed by atoms with Gasteiger partial charge in [-0.05, 0) is 48.1 Å². The van der Waals surface area contributed by atoms with Crippen molar-refractivity contribution in [1.29, 1.82) is 0 Å². The minimum Gasteiger partial charge on any atom is -0.343 e. The predicted molar refractivity (Wildman–Crippen MR) is 112 cm³/mol. The number of anilines is 1. The average molecular weight is 380 g/mol. The molecule has 0 aromatic heterocycles. The highest BCUT2D eigenvalue weighted by molar-refractivity contribution is 5.98. The first-order valence-electron chi connectivity index (χ1n) is 9.96. The van der Waals surface area contributed by atoms with Crippen LogP contribution >= 0.6 is 0 Å². The van der Waals surface area contributed by atoms with Crippen molar-refractivity contribution in [3.63, 3.8) is 0 Å². The lowest BCUT2D eigenvalue weighted by Crippen LogP contribution is -2.55. The lowest BCUT2D eigenvalue weighted by molar-refractivity contribution is -0.129. The zero-order valence-corrected chi connectivity index (χ0v) is 16.8. The number of fused-ring (bicyclic) bond motifs is 1. The highest BCUT2D eigenvalue weighted by atomic mass is 16.2. The van der Waals surface area contributed by atoms with Crippen LogP contribution < -0.4 is 16.0 Å². The van der Waals surface area contributed by atoms with Crippen molar-refractivity contribution in [1.82, 2.24) is 10.6 Å². The Morgan fingerprint density at radius 1 is 1.14 bits per heavy atom. The van der Waals surface area contributed by atoms with Crippen molar-refractivity contribution in [2.45, 2.75) is 52.2 Å². The van der Waals surface area contributed by atoms with E-state index in [0.717, 1.165) is 17.7 Å². The zero-order chi connectivity index (χ0) is 20.1. The van der Waals surface area contributed by atoms with E-state index < -0.39 is 6.04 Å². The van der Waals surface area contributed by atoms with Gasteiger partial charge in [0, 0.05) is 12.2 Å². The van der Waals surface area contributed by atoms with Gasteiger partial charge in [0.2, 0.25) is 11.8 Å². The van der Waals surface area contributed by atoms with Gasteiger partial charge < -0.3 is 16.0 Å². The maximum Gasteiger partial charge on any atom is 0.247 e. The third-order valence-corrected chi connectivity index (χ3v) is 5.48. The molecule has 0 aliphatic carbocycles. The van der Waals surface area contributed by atoms with E-state index in [9.17, 15) is 9.59 Å². The first kappa shape index (κ1) is 20.1. The monoisotopic (exact) mass is 379 g/mol. The van der Waals surface area contributed by atoms with Crippen LogP contribution in [0, 0.1) is 12.8 Å². The molecule has 0 saturated heterocycles. The Morgan fingerprint density at radius 3 is 2.61 bits per heavy atom. The van der Waals surface area contributed by atoms with Crippen LogP contribution in [-0.4, -0.2) is 23.9 Å². The Morgan fingerprint density at radius 2 is 1.89 bits per heavy atom. The number of carbonyl (C=O) groups excluding carboxylic acids is 2. The topological polar surface area (TPSA) is 70.2 Å². The van der Waals surface area contributed by atoms with Gasteiger partial charge in [-0.2, -0.15) is 0 Å². The van der Waals surface area contributed by atoms with Crippen LogP contribution in [-0.2, 0) is 22.6 Å². The van der Waals surface area contributed by atoms with Gasteiger partial charge in [-0.15, -0.1) is 0 Å². The molecule has 0 bridgehead atoms. The molecule has 3 N–H and O–H groups in total. The van der Waals surface area contributed by atoms with Gasteiger partial charge in [0.1, 0.15) is 6.04 Å². The third-order valence-electron chi connectivity index (χ3n) is 5.48. The first-order chi connectivity index (χ1) is 13.5. The molecule has 5 nitrogen and oxygen atoms in total. The smallest absolute Gasteiger partial charge is 0.247 e. The zero-order valence-electron chi connectivity index (χ0n) is 16.8. The molecule has 1 aliphatic rings. The minimum absolute atomic E-state index is 0.0321. The summed E-state index contributed by atoms with van der Waals surface area (Å²) in [4.78, 5) is 25.8. The molecule has 148 valence electrons. The van der Waals surface area contributed by atoms with Crippen LogP contribution in [0.2, 0.25) is 0 Å². The van der Waals surface area contributed by atoms with Gasteiger partial charge in [-0.3, -0.25) is 9.59 Å². The maximum absolute atomic E-state index is 12.9. The summed E-state index contributed by atoms with van der Waals surface area (Å²) < 4.78 is 0. The number of benzene rings is 2. The van der Waals surface area contributed by atoms with Gasteiger partial charge in [0.05, 0.1) is 6.04 Å². The Kier molecular flexibility index (Phi) is 6.47. The normalized spacial score (nSPS) is 17.9. The first-order valence-corrected chi connectivity index (χ1v) is 9.96. The third kappa shape index (κ3) is 4.78. The summed E-state index contributed by atoms with van der Waals surface area (Å²) in [5, 5.41) is 9.23. The fourth-order valence-corrected chi connectivity index (χ4v) is 3.54. The van der Waals surface area contributed by atoms with Crippen LogP contribution in [0.5, 0.6) is 0 Å². The molecule has 3 atom stereocenters. The molecule has 1 heterocycles. The van der Waals surface area contributed by atoms with Gasteiger partial charge in [-0.25, -0.2) is 0 Å². The second-order valence-corrected chi connectivity index (χ2v) is 7.64. The minimum atomic E-state index is -0.572. The fraction of sp³-hybridized carbons (Fsp3) is 0.391. The van der Waals surface area contributed by atoms with Crippen molar-refractivity contribution in [3.8, 4) is 0 Å². The Hall–Kier alpha value is -2.66. The Labute approximate surface area is 166 Å². The summed E-state index contributed by atoms with van der Waals surface area (Å²) in [7, 11) is 0. The number of amides is 2. The van der Waals surface area contributed by atoms with E-state index in [-0.39, 0.29) is 23.8 Å². The van der Waals surface area contributed by atoms with E-state index >= 15 is 0 Å². The summed E-state index contributed by atoms with van der Waals surface area (Å²) >= 11 is 0.